The van der Waals surface area contributed by atoms with E-state index in [1.54, 1.807) is 42.5 Å². The lowest BCUT2D eigenvalue weighted by atomic mass is 9.71. The first kappa shape index (κ1) is 20.8. The van der Waals surface area contributed by atoms with Gasteiger partial charge in [-0.3, -0.25) is 24.5 Å². The van der Waals surface area contributed by atoms with Gasteiger partial charge in [0.05, 0.1) is 28.8 Å². The van der Waals surface area contributed by atoms with E-state index in [-0.39, 0.29) is 17.1 Å². The van der Waals surface area contributed by atoms with Crippen molar-refractivity contribution >= 4 is 17.8 Å². The number of carbonyl (C=O) groups excluding carboxylic acids is 2. The Bertz CT molecular complexity index is 1470. The van der Waals surface area contributed by atoms with Gasteiger partial charge >= 0.3 is 0 Å². The monoisotopic (exact) mass is 437 g/mol. The van der Waals surface area contributed by atoms with Crippen LogP contribution in [0.1, 0.15) is 43.1 Å². The fourth-order valence-electron chi connectivity index (χ4n) is 4.49. The van der Waals surface area contributed by atoms with E-state index in [1.807, 2.05) is 39.0 Å². The van der Waals surface area contributed by atoms with Crippen molar-refractivity contribution in [1.29, 1.82) is 0 Å². The van der Waals surface area contributed by atoms with Crippen molar-refractivity contribution in [3.8, 4) is 5.69 Å². The molecule has 0 bridgehead atoms. The number of aromatic nitrogens is 2. The summed E-state index contributed by atoms with van der Waals surface area (Å²) in [4.78, 5) is 43.9. The second-order valence-corrected chi connectivity index (χ2v) is 8.57. The second-order valence-electron chi connectivity index (χ2n) is 8.57. The molecular formula is C27H23N3O3. The molecule has 2 aliphatic rings. The minimum atomic E-state index is -0.685. The molecular weight excluding hydrogens is 414 g/mol. The number of fused-ring (bicyclic) bond motifs is 2. The van der Waals surface area contributed by atoms with E-state index in [4.69, 9.17) is 0 Å². The van der Waals surface area contributed by atoms with Gasteiger partial charge < -0.3 is 0 Å². The summed E-state index contributed by atoms with van der Waals surface area (Å²) < 4.78 is 1.49. The number of nitrogens with zero attached hydrogens (tertiary/aromatic N) is 2. The third-order valence-electron chi connectivity index (χ3n) is 6.51. The van der Waals surface area contributed by atoms with Crippen molar-refractivity contribution in [2.45, 2.75) is 20.8 Å². The van der Waals surface area contributed by atoms with E-state index in [0.717, 1.165) is 16.8 Å². The summed E-state index contributed by atoms with van der Waals surface area (Å²) in [6.45, 7) is 5.83. The number of hydrogen-bond acceptors (Lipinski definition) is 4. The minimum absolute atomic E-state index is 0.0813. The number of rotatable bonds is 3. The van der Waals surface area contributed by atoms with Gasteiger partial charge in [-0.2, -0.15) is 0 Å². The van der Waals surface area contributed by atoms with Crippen molar-refractivity contribution in [2.75, 3.05) is 0 Å². The quantitative estimate of drug-likeness (QED) is 0.621. The topological polar surface area (TPSA) is 84.3 Å². The molecule has 5 rings (SSSR count). The fourth-order valence-corrected chi connectivity index (χ4v) is 4.49. The first-order valence-electron chi connectivity index (χ1n) is 10.9. The number of aryl methyl sites for hydroxylation is 3. The maximum absolute atomic E-state index is 13.2. The number of ketones is 2. The Balaban J connectivity index is 1.51. The standard InChI is InChI=1S/C27H23N3O3/c1-15-11-12-18(13-16(15)2)30-27(33)22(17(3)29-30)14-28-23-10-6-9-21-24(23)26(32)20-8-5-4-7-19(20)25(21)31/h4-14,21,24,29H,1-3H3/t21-,24+/m1/s1. The third kappa shape index (κ3) is 3.35. The highest BCUT2D eigenvalue weighted by molar-refractivity contribution is 6.17. The highest BCUT2D eigenvalue weighted by Crippen LogP contribution is 2.38. The highest BCUT2D eigenvalue weighted by atomic mass is 16.1. The molecule has 6 heteroatoms. The number of carbonyl (C=O) groups is 2. The number of Topliss-reactive ketones (excluding diaryl/α,β-unsaturated/α-hetero) is 2. The fraction of sp³-hybridized carbons (Fsp3) is 0.185. The number of hydrogen-bond donors (Lipinski definition) is 1. The molecule has 0 fully saturated rings. The number of allylic oxidation sites excluding steroid dienone is 4. The molecule has 164 valence electrons. The zero-order chi connectivity index (χ0) is 23.3. The van der Waals surface area contributed by atoms with Crippen LogP contribution in [0.25, 0.3) is 5.69 Å². The Kier molecular flexibility index (Phi) is 4.93. The van der Waals surface area contributed by atoms with Crippen LogP contribution >= 0.6 is 0 Å². The predicted octanol–water partition coefficient (Wildman–Crippen LogP) is 4.28. The molecule has 0 aliphatic heterocycles. The minimum Gasteiger partial charge on any atom is -0.295 e. The molecule has 0 unspecified atom stereocenters. The lowest BCUT2D eigenvalue weighted by molar-refractivity contribution is 0.0793. The summed E-state index contributed by atoms with van der Waals surface area (Å²) in [5.74, 6) is -1.47. The van der Waals surface area contributed by atoms with E-state index in [9.17, 15) is 14.4 Å². The van der Waals surface area contributed by atoms with Gasteiger partial charge in [0.2, 0.25) is 0 Å². The Morgan fingerprint density at radius 2 is 1.67 bits per heavy atom. The first-order valence-corrected chi connectivity index (χ1v) is 10.9. The largest absolute Gasteiger partial charge is 0.295 e. The van der Waals surface area contributed by atoms with Crippen LogP contribution in [0, 0.1) is 32.6 Å². The lowest BCUT2D eigenvalue weighted by Crippen LogP contribution is -2.37. The van der Waals surface area contributed by atoms with Crippen molar-refractivity contribution in [1.82, 2.24) is 9.78 Å². The van der Waals surface area contributed by atoms with E-state index < -0.39 is 11.8 Å². The van der Waals surface area contributed by atoms with Gasteiger partial charge in [-0.05, 0) is 50.1 Å². The summed E-state index contributed by atoms with van der Waals surface area (Å²) in [5.41, 5.74) is 5.20. The van der Waals surface area contributed by atoms with Crippen LogP contribution < -0.4 is 5.56 Å². The number of nitrogens with one attached hydrogen (secondary N) is 1. The number of H-pyrrole nitrogens is 1. The van der Waals surface area contributed by atoms with Crippen LogP contribution in [-0.4, -0.2) is 27.6 Å². The maximum atomic E-state index is 13.2. The van der Waals surface area contributed by atoms with Gasteiger partial charge in [-0.25, -0.2) is 4.68 Å². The molecule has 1 heterocycles. The summed E-state index contributed by atoms with van der Waals surface area (Å²) in [6, 6.07) is 12.7. The summed E-state index contributed by atoms with van der Waals surface area (Å²) in [6.07, 6.45) is 6.74. The summed E-state index contributed by atoms with van der Waals surface area (Å²) >= 11 is 0. The van der Waals surface area contributed by atoms with E-state index >= 15 is 0 Å². The van der Waals surface area contributed by atoms with Crippen molar-refractivity contribution < 1.29 is 9.59 Å². The zero-order valence-electron chi connectivity index (χ0n) is 18.6. The van der Waals surface area contributed by atoms with Crippen LogP contribution in [0.4, 0.5) is 0 Å². The van der Waals surface area contributed by atoms with E-state index in [2.05, 4.69) is 10.1 Å². The molecule has 1 aromatic heterocycles. The zero-order valence-corrected chi connectivity index (χ0v) is 18.6. The first-order chi connectivity index (χ1) is 15.9. The van der Waals surface area contributed by atoms with Gasteiger partial charge in [-0.15, -0.1) is 0 Å². The molecule has 1 N–H and O–H groups in total. The smallest absolute Gasteiger partial charge is 0.280 e. The SMILES string of the molecule is Cc1ccc(-n2[nH]c(C)c(C=NC3=CC=C[C@H]4C(=O)c5ccccc5C(=O)[C@H]34)c2=O)cc1C. The van der Waals surface area contributed by atoms with Crippen LogP contribution in [0.3, 0.4) is 0 Å². The van der Waals surface area contributed by atoms with Crippen molar-refractivity contribution in [2.24, 2.45) is 16.8 Å². The second kappa shape index (κ2) is 7.81. The van der Waals surface area contributed by atoms with Gasteiger partial charge in [0.25, 0.3) is 5.56 Å². The van der Waals surface area contributed by atoms with Gasteiger partial charge in [0.1, 0.15) is 0 Å². The molecule has 0 radical (unpaired) electrons. The molecule has 3 aromatic rings. The Labute approximate surface area is 191 Å². The normalized spacial score (nSPS) is 19.5. The molecule has 0 saturated carbocycles. The number of aliphatic imine (C=N–C) groups is 1. The van der Waals surface area contributed by atoms with Gasteiger partial charge in [-0.1, -0.05) is 42.5 Å². The van der Waals surface area contributed by atoms with Crippen LogP contribution in [0.5, 0.6) is 0 Å². The van der Waals surface area contributed by atoms with Crippen LogP contribution in [0.2, 0.25) is 0 Å². The third-order valence-corrected chi connectivity index (χ3v) is 6.51. The Hall–Kier alpha value is -4.06. The Morgan fingerprint density at radius 1 is 0.939 bits per heavy atom. The van der Waals surface area contributed by atoms with E-state index in [0.29, 0.717) is 28.1 Å². The lowest BCUT2D eigenvalue weighted by Gasteiger charge is -2.30. The maximum Gasteiger partial charge on any atom is 0.280 e. The van der Waals surface area contributed by atoms with Crippen LogP contribution in [-0.2, 0) is 0 Å². The van der Waals surface area contributed by atoms with E-state index in [1.165, 1.54) is 10.9 Å². The molecule has 0 amide bonds. The van der Waals surface area contributed by atoms with Crippen molar-refractivity contribution in [3.63, 3.8) is 0 Å². The number of benzene rings is 2. The number of aromatic amines is 1. The average molecular weight is 437 g/mol. The molecule has 6 nitrogen and oxygen atoms in total. The molecule has 0 saturated heterocycles. The average Bonchev–Trinajstić information content (AvgIpc) is 3.10. The molecule has 0 spiro atoms. The van der Waals surface area contributed by atoms with Gasteiger partial charge in [0, 0.05) is 23.0 Å². The Morgan fingerprint density at radius 3 is 2.39 bits per heavy atom. The molecule has 2 atom stereocenters. The molecule has 2 aliphatic carbocycles. The van der Waals surface area contributed by atoms with Gasteiger partial charge in [0.15, 0.2) is 11.6 Å². The molecule has 33 heavy (non-hydrogen) atoms. The summed E-state index contributed by atoms with van der Waals surface area (Å²) in [5, 5.41) is 3.11. The molecule has 2 aromatic carbocycles. The highest BCUT2D eigenvalue weighted by Gasteiger charge is 2.42. The summed E-state index contributed by atoms with van der Waals surface area (Å²) in [7, 11) is 0. The van der Waals surface area contributed by atoms with Crippen LogP contribution in [0.15, 0.2) is 76.2 Å². The van der Waals surface area contributed by atoms with Crippen molar-refractivity contribution in [3.05, 3.63) is 110 Å². The predicted molar refractivity (Wildman–Crippen MR) is 128 cm³/mol.